The van der Waals surface area contributed by atoms with Crippen LogP contribution in [0.4, 0.5) is 0 Å². The highest BCUT2D eigenvalue weighted by atomic mass is 32.2. The Morgan fingerprint density at radius 1 is 1.38 bits per heavy atom. The third-order valence-electron chi connectivity index (χ3n) is 4.43. The lowest BCUT2D eigenvalue weighted by molar-refractivity contribution is 0.240. The molecule has 1 aromatic carbocycles. The van der Waals surface area contributed by atoms with Crippen molar-refractivity contribution in [2.45, 2.75) is 26.1 Å². The molecule has 26 heavy (non-hydrogen) atoms. The van der Waals surface area contributed by atoms with Crippen molar-refractivity contribution in [3.05, 3.63) is 40.6 Å². The molecular formula is C17H23N3O4S2. The van der Waals surface area contributed by atoms with Gasteiger partial charge in [-0.25, -0.2) is 13.1 Å². The summed E-state index contributed by atoms with van der Waals surface area (Å²) in [7, 11) is 0.724. The zero-order chi connectivity index (χ0) is 18.7. The van der Waals surface area contributed by atoms with Crippen LogP contribution in [0.2, 0.25) is 0 Å². The number of nitrogens with zero attached hydrogens (tertiary/aromatic N) is 3. The van der Waals surface area contributed by atoms with Gasteiger partial charge in [-0.3, -0.25) is 4.90 Å². The highest BCUT2D eigenvalue weighted by molar-refractivity contribution is 7.91. The molecule has 0 N–H and O–H groups in total. The van der Waals surface area contributed by atoms with Crippen LogP contribution in [0.1, 0.15) is 17.9 Å². The van der Waals surface area contributed by atoms with E-state index in [9.17, 15) is 8.42 Å². The number of ether oxygens (including phenoxy) is 1. The molecule has 3 rings (SSSR count). The summed E-state index contributed by atoms with van der Waals surface area (Å²) in [4.78, 5) is 2.38. The molecule has 0 saturated carbocycles. The van der Waals surface area contributed by atoms with Gasteiger partial charge in [0.2, 0.25) is 5.89 Å². The van der Waals surface area contributed by atoms with Gasteiger partial charge in [0, 0.05) is 13.0 Å². The Balaban J connectivity index is 1.59. The van der Waals surface area contributed by atoms with E-state index in [0.717, 1.165) is 17.9 Å². The lowest BCUT2D eigenvalue weighted by atomic mass is 10.1. The Labute approximate surface area is 158 Å². The molecule has 1 aromatic heterocycles. The predicted molar refractivity (Wildman–Crippen MR) is 100 cm³/mol. The van der Waals surface area contributed by atoms with E-state index in [1.807, 2.05) is 31.3 Å². The maximum Gasteiger partial charge on any atom is 0.288 e. The first-order valence-electron chi connectivity index (χ1n) is 8.43. The van der Waals surface area contributed by atoms with Crippen LogP contribution < -0.4 is 4.74 Å². The average molecular weight is 398 g/mol. The van der Waals surface area contributed by atoms with Gasteiger partial charge in [0.05, 0.1) is 25.3 Å². The molecular weight excluding hydrogens is 374 g/mol. The Bertz CT molecular complexity index is 903. The summed E-state index contributed by atoms with van der Waals surface area (Å²) in [6, 6.07) is 7.89. The van der Waals surface area contributed by atoms with Crippen molar-refractivity contribution in [2.24, 2.45) is 5.92 Å². The average Bonchev–Trinajstić information content (AvgIpc) is 3.10. The Morgan fingerprint density at radius 3 is 2.73 bits per heavy atom. The zero-order valence-electron chi connectivity index (χ0n) is 14.9. The van der Waals surface area contributed by atoms with Crippen molar-refractivity contribution in [1.29, 1.82) is 0 Å². The van der Waals surface area contributed by atoms with E-state index in [-0.39, 0.29) is 17.4 Å². The lowest BCUT2D eigenvalue weighted by Crippen LogP contribution is -2.22. The van der Waals surface area contributed by atoms with E-state index >= 15 is 0 Å². The second kappa shape index (κ2) is 7.89. The van der Waals surface area contributed by atoms with Crippen molar-refractivity contribution in [3.63, 3.8) is 0 Å². The number of rotatable bonds is 7. The fourth-order valence-corrected chi connectivity index (χ4v) is 5.18. The van der Waals surface area contributed by atoms with Gasteiger partial charge in [-0.15, -0.1) is 5.10 Å². The quantitative estimate of drug-likeness (QED) is 0.663. The summed E-state index contributed by atoms with van der Waals surface area (Å²) < 4.78 is 35.5. The molecule has 1 aliphatic heterocycles. The molecule has 1 fully saturated rings. The smallest absolute Gasteiger partial charge is 0.288 e. The van der Waals surface area contributed by atoms with E-state index in [1.165, 1.54) is 0 Å². The second-order valence-electron chi connectivity index (χ2n) is 6.74. The largest absolute Gasteiger partial charge is 0.497 e. The van der Waals surface area contributed by atoms with Gasteiger partial charge in [0.15, 0.2) is 9.84 Å². The molecule has 142 valence electrons. The minimum absolute atomic E-state index is 0.0681. The van der Waals surface area contributed by atoms with Crippen molar-refractivity contribution in [3.8, 4) is 5.75 Å². The van der Waals surface area contributed by atoms with Crippen molar-refractivity contribution >= 4 is 22.1 Å². The van der Waals surface area contributed by atoms with Gasteiger partial charge in [-0.05, 0) is 49.3 Å². The van der Waals surface area contributed by atoms with Gasteiger partial charge < -0.3 is 9.15 Å². The number of benzene rings is 1. The van der Waals surface area contributed by atoms with E-state index in [0.29, 0.717) is 30.2 Å². The first-order valence-corrected chi connectivity index (χ1v) is 10.7. The first kappa shape index (κ1) is 19.1. The fourth-order valence-electron chi connectivity index (χ4n) is 3.12. The minimum Gasteiger partial charge on any atom is -0.497 e. The van der Waals surface area contributed by atoms with Crippen LogP contribution in [0.15, 0.2) is 28.7 Å². The summed E-state index contributed by atoms with van der Waals surface area (Å²) in [6.45, 7) is 1.23. The normalized spacial score (nSPS) is 19.1. The molecule has 0 bridgehead atoms. The fraction of sp³-hybridized carbons (Fsp3) is 0.529. The summed E-state index contributed by atoms with van der Waals surface area (Å²) >= 11 is 5.25. The maximum absolute atomic E-state index is 11.6. The number of aromatic nitrogens is 2. The van der Waals surface area contributed by atoms with Crippen LogP contribution in [0.25, 0.3) is 0 Å². The van der Waals surface area contributed by atoms with Crippen molar-refractivity contribution in [2.75, 3.05) is 25.7 Å². The molecule has 2 heterocycles. The number of hydrogen-bond donors (Lipinski definition) is 0. The topological polar surface area (TPSA) is 77.6 Å². The first-order chi connectivity index (χ1) is 12.3. The second-order valence-corrected chi connectivity index (χ2v) is 9.32. The Kier molecular flexibility index (Phi) is 5.79. The van der Waals surface area contributed by atoms with Crippen molar-refractivity contribution in [1.82, 2.24) is 14.7 Å². The highest BCUT2D eigenvalue weighted by Crippen LogP contribution is 2.22. The summed E-state index contributed by atoms with van der Waals surface area (Å²) in [6.07, 6.45) is 1.17. The standard InChI is InChI=1S/C17H23N3O4S2/c1-19(10-13-3-5-15(23-2)6-4-13)12-20-17(25)24-16(18-20)9-14-7-8-26(21,22)11-14/h3-6,14H,7-12H2,1-2H3/t14-/m1/s1. The van der Waals surface area contributed by atoms with E-state index < -0.39 is 9.84 Å². The van der Waals surface area contributed by atoms with Crippen LogP contribution in [0.5, 0.6) is 5.75 Å². The zero-order valence-corrected chi connectivity index (χ0v) is 16.6. The van der Waals surface area contributed by atoms with Crippen LogP contribution >= 0.6 is 12.2 Å². The lowest BCUT2D eigenvalue weighted by Gasteiger charge is -2.16. The number of hydrogen-bond acceptors (Lipinski definition) is 7. The van der Waals surface area contributed by atoms with Gasteiger partial charge in [0.1, 0.15) is 5.75 Å². The predicted octanol–water partition coefficient (Wildman–Crippen LogP) is 2.28. The third kappa shape index (κ3) is 4.93. The molecule has 0 radical (unpaired) electrons. The molecule has 1 saturated heterocycles. The molecule has 2 aromatic rings. The Hall–Kier alpha value is -1.71. The van der Waals surface area contributed by atoms with Gasteiger partial charge in [-0.2, -0.15) is 0 Å². The molecule has 9 heteroatoms. The van der Waals surface area contributed by atoms with Crippen LogP contribution in [-0.2, 0) is 29.5 Å². The molecule has 1 aliphatic rings. The molecule has 0 aliphatic carbocycles. The Morgan fingerprint density at radius 2 is 2.12 bits per heavy atom. The van der Waals surface area contributed by atoms with Gasteiger partial charge in [-0.1, -0.05) is 12.1 Å². The van der Waals surface area contributed by atoms with Gasteiger partial charge in [0.25, 0.3) is 4.84 Å². The van der Waals surface area contributed by atoms with Crippen LogP contribution in [0, 0.1) is 10.8 Å². The third-order valence-corrected chi connectivity index (χ3v) is 6.56. The molecule has 1 atom stereocenters. The SMILES string of the molecule is COc1ccc(CN(C)Cn2nc(C[C@H]3CCS(=O)(=O)C3)oc2=S)cc1. The van der Waals surface area contributed by atoms with Crippen LogP contribution in [-0.4, -0.2) is 48.8 Å². The number of methoxy groups -OCH3 is 1. The molecule has 0 amide bonds. The monoisotopic (exact) mass is 397 g/mol. The molecule has 0 unspecified atom stereocenters. The van der Waals surface area contributed by atoms with Crippen LogP contribution in [0.3, 0.4) is 0 Å². The number of sulfone groups is 1. The minimum atomic E-state index is -2.90. The molecule has 7 nitrogen and oxygen atoms in total. The van der Waals surface area contributed by atoms with E-state index in [2.05, 4.69) is 10.00 Å². The summed E-state index contributed by atoms with van der Waals surface area (Å²) in [5.41, 5.74) is 1.15. The van der Waals surface area contributed by atoms with E-state index in [1.54, 1.807) is 11.8 Å². The summed E-state index contributed by atoms with van der Waals surface area (Å²) in [5, 5.41) is 4.42. The summed E-state index contributed by atoms with van der Waals surface area (Å²) in [5.74, 6) is 1.87. The highest BCUT2D eigenvalue weighted by Gasteiger charge is 2.29. The molecule has 0 spiro atoms. The van der Waals surface area contributed by atoms with E-state index in [4.69, 9.17) is 21.4 Å². The van der Waals surface area contributed by atoms with Crippen molar-refractivity contribution < 1.29 is 17.6 Å². The van der Waals surface area contributed by atoms with Gasteiger partial charge >= 0.3 is 0 Å². The maximum atomic E-state index is 11.6.